The molecule has 1 amide bonds. The fraction of sp³-hybridized carbons (Fsp3) is 0.0500. The van der Waals surface area contributed by atoms with Crippen molar-refractivity contribution in [3.8, 4) is 5.75 Å². The Bertz CT molecular complexity index is 1010. The summed E-state index contributed by atoms with van der Waals surface area (Å²) in [6.45, 7) is -0.339. The molecule has 0 heterocycles. The summed E-state index contributed by atoms with van der Waals surface area (Å²) < 4.78 is 5.43. The number of ether oxygens (including phenoxy) is 1. The Morgan fingerprint density at radius 2 is 1.44 bits per heavy atom. The van der Waals surface area contributed by atoms with Crippen molar-refractivity contribution < 1.29 is 29.3 Å². The summed E-state index contributed by atoms with van der Waals surface area (Å²) in [5, 5.41) is 26.3. The van der Waals surface area contributed by atoms with E-state index in [0.29, 0.717) is 5.75 Å². The lowest BCUT2D eigenvalue weighted by molar-refractivity contribution is -0.255. The zero-order chi connectivity index (χ0) is 19.4. The molecule has 0 aliphatic rings. The molecular formula is C20H13NO6-2. The van der Waals surface area contributed by atoms with Gasteiger partial charge in [0.1, 0.15) is 5.75 Å². The third kappa shape index (κ3) is 4.40. The number of hydrogen-bond donors (Lipinski definition) is 1. The van der Waals surface area contributed by atoms with Crippen LogP contribution in [0.3, 0.4) is 0 Å². The van der Waals surface area contributed by atoms with Gasteiger partial charge in [0, 0.05) is 5.69 Å². The van der Waals surface area contributed by atoms with Crippen molar-refractivity contribution in [3.05, 3.63) is 71.8 Å². The quantitative estimate of drug-likeness (QED) is 0.684. The van der Waals surface area contributed by atoms with Crippen molar-refractivity contribution in [1.82, 2.24) is 0 Å². The first-order chi connectivity index (χ1) is 12.9. The number of anilines is 1. The summed E-state index contributed by atoms with van der Waals surface area (Å²) in [6.07, 6.45) is 0. The van der Waals surface area contributed by atoms with Crippen molar-refractivity contribution >= 4 is 34.3 Å². The predicted octanol–water partition coefficient (Wildman–Crippen LogP) is 0.584. The zero-order valence-corrected chi connectivity index (χ0v) is 13.9. The first-order valence-corrected chi connectivity index (χ1v) is 7.91. The van der Waals surface area contributed by atoms with Crippen LogP contribution in [0.2, 0.25) is 0 Å². The lowest BCUT2D eigenvalue weighted by Crippen LogP contribution is -2.27. The summed E-state index contributed by atoms with van der Waals surface area (Å²) >= 11 is 0. The molecule has 27 heavy (non-hydrogen) atoms. The fourth-order valence-electron chi connectivity index (χ4n) is 2.54. The molecule has 7 nitrogen and oxygen atoms in total. The number of carbonyl (C=O) groups is 3. The van der Waals surface area contributed by atoms with Gasteiger partial charge in [-0.2, -0.15) is 0 Å². The maximum absolute atomic E-state index is 12.0. The highest BCUT2D eigenvalue weighted by atomic mass is 16.5. The van der Waals surface area contributed by atoms with Crippen molar-refractivity contribution in [2.24, 2.45) is 0 Å². The van der Waals surface area contributed by atoms with E-state index in [1.54, 1.807) is 12.1 Å². The molecule has 0 saturated carbocycles. The van der Waals surface area contributed by atoms with Crippen LogP contribution in [-0.2, 0) is 4.79 Å². The van der Waals surface area contributed by atoms with Gasteiger partial charge in [0.15, 0.2) is 6.61 Å². The Morgan fingerprint density at radius 1 is 0.815 bits per heavy atom. The minimum atomic E-state index is -1.57. The standard InChI is InChI=1S/C20H15NO6/c22-18(11-27-17-6-5-12-3-1-2-4-13(12)10-17)21-16-8-14(19(23)24)7-15(9-16)20(25)26/h1-10H,11H2,(H,21,22)(H,23,24)(H,25,26)/p-2. The molecule has 3 aromatic carbocycles. The van der Waals surface area contributed by atoms with Gasteiger partial charge in [-0.05, 0) is 52.2 Å². The molecule has 0 aromatic heterocycles. The Labute approximate surface area is 153 Å². The van der Waals surface area contributed by atoms with Gasteiger partial charge in [-0.1, -0.05) is 30.3 Å². The van der Waals surface area contributed by atoms with Gasteiger partial charge in [0.25, 0.3) is 5.91 Å². The molecule has 0 aliphatic heterocycles. The molecule has 3 aromatic rings. The first kappa shape index (κ1) is 17.9. The highest BCUT2D eigenvalue weighted by Gasteiger charge is 2.08. The van der Waals surface area contributed by atoms with Gasteiger partial charge >= 0.3 is 0 Å². The van der Waals surface area contributed by atoms with Gasteiger partial charge in [-0.25, -0.2) is 0 Å². The normalized spacial score (nSPS) is 10.4. The predicted molar refractivity (Wildman–Crippen MR) is 93.2 cm³/mol. The van der Waals surface area contributed by atoms with Crippen LogP contribution < -0.4 is 20.3 Å². The zero-order valence-electron chi connectivity index (χ0n) is 13.9. The monoisotopic (exact) mass is 363 g/mol. The average Bonchev–Trinajstić information content (AvgIpc) is 2.65. The fourth-order valence-corrected chi connectivity index (χ4v) is 2.54. The number of carbonyl (C=O) groups excluding carboxylic acids is 3. The molecular weight excluding hydrogens is 350 g/mol. The van der Waals surface area contributed by atoms with Crippen molar-refractivity contribution in [2.45, 2.75) is 0 Å². The molecule has 0 spiro atoms. The van der Waals surface area contributed by atoms with Crippen molar-refractivity contribution in [2.75, 3.05) is 11.9 Å². The third-order valence-electron chi connectivity index (χ3n) is 3.78. The van der Waals surface area contributed by atoms with Crippen molar-refractivity contribution in [1.29, 1.82) is 0 Å². The van der Waals surface area contributed by atoms with Crippen LogP contribution in [0.5, 0.6) is 5.75 Å². The van der Waals surface area contributed by atoms with E-state index in [1.807, 2.05) is 30.3 Å². The smallest absolute Gasteiger partial charge is 0.262 e. The van der Waals surface area contributed by atoms with Crippen molar-refractivity contribution in [3.63, 3.8) is 0 Å². The Balaban J connectivity index is 1.69. The van der Waals surface area contributed by atoms with E-state index in [-0.39, 0.29) is 23.4 Å². The first-order valence-electron chi connectivity index (χ1n) is 7.91. The Kier molecular flexibility index (Phi) is 5.03. The highest BCUT2D eigenvalue weighted by Crippen LogP contribution is 2.20. The number of amides is 1. The van der Waals surface area contributed by atoms with Crippen LogP contribution in [0.1, 0.15) is 20.7 Å². The Morgan fingerprint density at radius 3 is 2.07 bits per heavy atom. The van der Waals surface area contributed by atoms with E-state index >= 15 is 0 Å². The SMILES string of the molecule is O=C(COc1ccc2ccccc2c1)Nc1cc(C(=O)[O-])cc(C(=O)[O-])c1. The van der Waals surface area contributed by atoms with Crippen LogP contribution in [-0.4, -0.2) is 24.5 Å². The van der Waals surface area contributed by atoms with E-state index in [9.17, 15) is 24.6 Å². The molecule has 0 radical (unpaired) electrons. The second-order valence-electron chi connectivity index (χ2n) is 5.72. The number of benzene rings is 3. The third-order valence-corrected chi connectivity index (χ3v) is 3.78. The number of aromatic carboxylic acids is 2. The number of carboxylic acids is 2. The van der Waals surface area contributed by atoms with Crippen LogP contribution in [0, 0.1) is 0 Å². The summed E-state index contributed by atoms with van der Waals surface area (Å²) in [4.78, 5) is 34.0. The van der Waals surface area contributed by atoms with E-state index in [1.165, 1.54) is 0 Å². The topological polar surface area (TPSA) is 119 Å². The lowest BCUT2D eigenvalue weighted by atomic mass is 10.1. The minimum absolute atomic E-state index is 0.0111. The molecule has 136 valence electrons. The van der Waals surface area contributed by atoms with Crippen LogP contribution >= 0.6 is 0 Å². The molecule has 0 saturated heterocycles. The molecule has 0 bridgehead atoms. The molecule has 7 heteroatoms. The lowest BCUT2D eigenvalue weighted by Gasteiger charge is -2.13. The van der Waals surface area contributed by atoms with Gasteiger partial charge in [0.05, 0.1) is 11.9 Å². The molecule has 3 rings (SSSR count). The summed E-state index contributed by atoms with van der Waals surface area (Å²) in [5.74, 6) is -3.23. The van der Waals surface area contributed by atoms with E-state index in [4.69, 9.17) is 4.74 Å². The van der Waals surface area contributed by atoms with Crippen LogP contribution in [0.25, 0.3) is 10.8 Å². The van der Waals surface area contributed by atoms with Crippen LogP contribution in [0.15, 0.2) is 60.7 Å². The average molecular weight is 363 g/mol. The summed E-state index contributed by atoms with van der Waals surface area (Å²) in [5.41, 5.74) is -0.784. The number of rotatable bonds is 6. The summed E-state index contributed by atoms with van der Waals surface area (Å²) in [6, 6.07) is 16.1. The summed E-state index contributed by atoms with van der Waals surface area (Å²) in [7, 11) is 0. The van der Waals surface area contributed by atoms with Crippen LogP contribution in [0.4, 0.5) is 5.69 Å². The largest absolute Gasteiger partial charge is 0.545 e. The molecule has 0 unspecified atom stereocenters. The second kappa shape index (κ2) is 7.57. The second-order valence-corrected chi connectivity index (χ2v) is 5.72. The maximum Gasteiger partial charge on any atom is 0.262 e. The van der Waals surface area contributed by atoms with Gasteiger partial charge < -0.3 is 29.9 Å². The highest BCUT2D eigenvalue weighted by molar-refractivity contribution is 5.98. The van der Waals surface area contributed by atoms with Gasteiger partial charge in [0.2, 0.25) is 0 Å². The Hall–Kier alpha value is -3.87. The minimum Gasteiger partial charge on any atom is -0.545 e. The molecule has 1 N–H and O–H groups in total. The number of hydrogen-bond acceptors (Lipinski definition) is 6. The van der Waals surface area contributed by atoms with Gasteiger partial charge in [-0.3, -0.25) is 4.79 Å². The number of nitrogens with one attached hydrogen (secondary N) is 1. The molecule has 0 atom stereocenters. The molecule has 0 aliphatic carbocycles. The van der Waals surface area contributed by atoms with E-state index < -0.39 is 17.8 Å². The van der Waals surface area contributed by atoms with Gasteiger partial charge in [-0.15, -0.1) is 0 Å². The number of fused-ring (bicyclic) bond motifs is 1. The van der Waals surface area contributed by atoms with E-state index in [2.05, 4.69) is 5.32 Å². The van der Waals surface area contributed by atoms with E-state index in [0.717, 1.165) is 29.0 Å². The molecule has 0 fully saturated rings. The maximum atomic E-state index is 12.0. The number of carboxylic acid groups (broad SMARTS) is 2.